The molecule has 19 heavy (non-hydrogen) atoms. The van der Waals surface area contributed by atoms with E-state index < -0.39 is 15.9 Å². The van der Waals surface area contributed by atoms with Gasteiger partial charge in [0.2, 0.25) is 15.9 Å². The highest BCUT2D eigenvalue weighted by Gasteiger charge is 2.20. The first-order valence-electron chi connectivity index (χ1n) is 6.09. The maximum atomic E-state index is 11.7. The first-order valence-corrected chi connectivity index (χ1v) is 7.74. The fourth-order valence-electron chi connectivity index (χ4n) is 1.40. The number of hydrogen-bond donors (Lipinski definition) is 2. The molecule has 0 spiro atoms. The Morgan fingerprint density at radius 1 is 1.42 bits per heavy atom. The SMILES string of the molecule is C=C(C(C)C)C(CO)CNS(=O)(=O)CN(C)C(C)=O. The number of amides is 1. The minimum Gasteiger partial charge on any atom is -0.396 e. The molecule has 6 nitrogen and oxygen atoms in total. The Bertz CT molecular complexity index is 417. The van der Waals surface area contributed by atoms with Crippen molar-refractivity contribution >= 4 is 15.9 Å². The predicted octanol–water partition coefficient (Wildman–Crippen LogP) is 0.162. The van der Waals surface area contributed by atoms with Gasteiger partial charge in [-0.1, -0.05) is 26.0 Å². The van der Waals surface area contributed by atoms with Crippen molar-refractivity contribution in [2.24, 2.45) is 11.8 Å². The monoisotopic (exact) mass is 292 g/mol. The zero-order valence-electron chi connectivity index (χ0n) is 12.0. The molecule has 0 rings (SSSR count). The van der Waals surface area contributed by atoms with Gasteiger partial charge in [0.05, 0.1) is 6.61 Å². The van der Waals surface area contributed by atoms with E-state index in [4.69, 9.17) is 0 Å². The Morgan fingerprint density at radius 3 is 2.32 bits per heavy atom. The summed E-state index contributed by atoms with van der Waals surface area (Å²) in [7, 11) is -2.17. The molecule has 0 bridgehead atoms. The molecule has 0 heterocycles. The summed E-state index contributed by atoms with van der Waals surface area (Å²) in [6.07, 6.45) is 0. The number of aliphatic hydroxyl groups is 1. The van der Waals surface area contributed by atoms with Crippen LogP contribution in [0.15, 0.2) is 12.2 Å². The van der Waals surface area contributed by atoms with E-state index in [-0.39, 0.29) is 30.9 Å². The summed E-state index contributed by atoms with van der Waals surface area (Å²) in [5.74, 6) is -0.871. The first-order chi connectivity index (χ1) is 8.60. The lowest BCUT2D eigenvalue weighted by atomic mass is 9.92. The van der Waals surface area contributed by atoms with Gasteiger partial charge in [-0.15, -0.1) is 0 Å². The van der Waals surface area contributed by atoms with Gasteiger partial charge in [-0.2, -0.15) is 0 Å². The zero-order valence-corrected chi connectivity index (χ0v) is 12.8. The average Bonchev–Trinajstić information content (AvgIpc) is 2.28. The van der Waals surface area contributed by atoms with Crippen LogP contribution in [0.4, 0.5) is 0 Å². The van der Waals surface area contributed by atoms with Crippen LogP contribution in [0, 0.1) is 11.8 Å². The highest BCUT2D eigenvalue weighted by atomic mass is 32.2. The van der Waals surface area contributed by atoms with Gasteiger partial charge in [0.1, 0.15) is 5.88 Å². The Kier molecular flexibility index (Phi) is 7.25. The molecule has 0 saturated heterocycles. The van der Waals surface area contributed by atoms with Crippen molar-refractivity contribution in [3.8, 4) is 0 Å². The summed E-state index contributed by atoms with van der Waals surface area (Å²) < 4.78 is 25.9. The van der Waals surface area contributed by atoms with Crippen LogP contribution in [0.2, 0.25) is 0 Å². The highest BCUT2D eigenvalue weighted by molar-refractivity contribution is 7.89. The predicted molar refractivity (Wildman–Crippen MR) is 74.8 cm³/mol. The summed E-state index contributed by atoms with van der Waals surface area (Å²) in [6.45, 7) is 8.94. The number of nitrogens with zero attached hydrogens (tertiary/aromatic N) is 1. The molecule has 0 aliphatic carbocycles. The molecule has 1 atom stereocenters. The van der Waals surface area contributed by atoms with Crippen LogP contribution in [0.5, 0.6) is 0 Å². The highest BCUT2D eigenvalue weighted by Crippen LogP contribution is 2.17. The van der Waals surface area contributed by atoms with Crippen molar-refractivity contribution in [2.45, 2.75) is 20.8 Å². The normalized spacial score (nSPS) is 13.4. The maximum Gasteiger partial charge on any atom is 0.229 e. The summed E-state index contributed by atoms with van der Waals surface area (Å²) in [4.78, 5) is 12.1. The third-order valence-electron chi connectivity index (χ3n) is 2.94. The van der Waals surface area contributed by atoms with Gasteiger partial charge < -0.3 is 10.0 Å². The Hall–Kier alpha value is -0.920. The molecule has 0 aromatic rings. The Morgan fingerprint density at radius 2 is 1.95 bits per heavy atom. The minimum atomic E-state index is -3.59. The van der Waals surface area contributed by atoms with Crippen molar-refractivity contribution in [2.75, 3.05) is 26.1 Å². The van der Waals surface area contributed by atoms with Crippen LogP contribution in [0.25, 0.3) is 0 Å². The van der Waals surface area contributed by atoms with Crippen molar-refractivity contribution in [3.05, 3.63) is 12.2 Å². The lowest BCUT2D eigenvalue weighted by molar-refractivity contribution is -0.126. The van der Waals surface area contributed by atoms with E-state index in [0.29, 0.717) is 0 Å². The van der Waals surface area contributed by atoms with Crippen LogP contribution >= 0.6 is 0 Å². The second-order valence-corrected chi connectivity index (χ2v) is 6.69. The molecule has 0 aliphatic rings. The molecule has 0 saturated carbocycles. The third-order valence-corrected chi connectivity index (χ3v) is 4.27. The molecule has 0 fully saturated rings. The molecule has 0 radical (unpaired) electrons. The van der Waals surface area contributed by atoms with E-state index in [9.17, 15) is 18.3 Å². The van der Waals surface area contributed by atoms with E-state index in [1.165, 1.54) is 14.0 Å². The molecule has 1 amide bonds. The fraction of sp³-hybridized carbons (Fsp3) is 0.750. The quantitative estimate of drug-likeness (QED) is 0.624. The van der Waals surface area contributed by atoms with Crippen molar-refractivity contribution < 1.29 is 18.3 Å². The second-order valence-electron chi connectivity index (χ2n) is 4.92. The number of carbonyl (C=O) groups is 1. The van der Waals surface area contributed by atoms with E-state index in [1.807, 2.05) is 13.8 Å². The Balaban J connectivity index is 4.52. The third kappa shape index (κ3) is 6.70. The van der Waals surface area contributed by atoms with E-state index in [2.05, 4.69) is 11.3 Å². The van der Waals surface area contributed by atoms with Crippen LogP contribution in [0.3, 0.4) is 0 Å². The van der Waals surface area contributed by atoms with Crippen LogP contribution in [-0.4, -0.2) is 50.4 Å². The average molecular weight is 292 g/mol. The van der Waals surface area contributed by atoms with Crippen molar-refractivity contribution in [1.82, 2.24) is 9.62 Å². The van der Waals surface area contributed by atoms with Gasteiger partial charge in [-0.05, 0) is 5.92 Å². The van der Waals surface area contributed by atoms with Crippen LogP contribution in [0.1, 0.15) is 20.8 Å². The van der Waals surface area contributed by atoms with Gasteiger partial charge in [0, 0.05) is 26.4 Å². The lowest BCUT2D eigenvalue weighted by Gasteiger charge is -2.21. The summed E-state index contributed by atoms with van der Waals surface area (Å²) in [5.41, 5.74) is 0.796. The van der Waals surface area contributed by atoms with Gasteiger partial charge in [0.15, 0.2) is 0 Å². The molecule has 1 unspecified atom stereocenters. The van der Waals surface area contributed by atoms with Crippen LogP contribution < -0.4 is 4.72 Å². The summed E-state index contributed by atoms with van der Waals surface area (Å²) in [5, 5.41) is 9.25. The van der Waals surface area contributed by atoms with Crippen molar-refractivity contribution in [3.63, 3.8) is 0 Å². The number of hydrogen-bond acceptors (Lipinski definition) is 4. The number of nitrogens with one attached hydrogen (secondary N) is 1. The molecule has 7 heteroatoms. The molecular formula is C12H24N2O4S. The number of rotatable bonds is 8. The molecule has 2 N–H and O–H groups in total. The summed E-state index contributed by atoms with van der Waals surface area (Å²) >= 11 is 0. The van der Waals surface area contributed by atoms with Crippen LogP contribution in [-0.2, 0) is 14.8 Å². The Labute approximate surface area is 115 Å². The number of carbonyl (C=O) groups excluding carboxylic acids is 1. The standard InChI is InChI=1S/C12H24N2O4S/c1-9(2)10(3)12(7-15)6-13-19(17,18)8-14(5)11(4)16/h9,12-13,15H,3,6-8H2,1-2,4-5H3. The number of sulfonamides is 1. The molecule has 0 aromatic heterocycles. The molecule has 112 valence electrons. The van der Waals surface area contributed by atoms with Gasteiger partial charge in [0.25, 0.3) is 0 Å². The van der Waals surface area contributed by atoms with Crippen molar-refractivity contribution in [1.29, 1.82) is 0 Å². The first kappa shape index (κ1) is 18.1. The number of aliphatic hydroxyl groups excluding tert-OH is 1. The van der Waals surface area contributed by atoms with E-state index in [1.54, 1.807) is 0 Å². The fourth-order valence-corrected chi connectivity index (χ4v) is 2.64. The summed E-state index contributed by atoms with van der Waals surface area (Å²) in [6, 6.07) is 0. The zero-order chi connectivity index (χ0) is 15.2. The van der Waals surface area contributed by atoms with Gasteiger partial charge >= 0.3 is 0 Å². The van der Waals surface area contributed by atoms with E-state index in [0.717, 1.165) is 10.5 Å². The maximum absolute atomic E-state index is 11.7. The largest absolute Gasteiger partial charge is 0.396 e. The molecule has 0 aromatic carbocycles. The second kappa shape index (κ2) is 7.62. The molecule has 0 aliphatic heterocycles. The van der Waals surface area contributed by atoms with Gasteiger partial charge in [-0.3, -0.25) is 4.79 Å². The lowest BCUT2D eigenvalue weighted by Crippen LogP contribution is -2.40. The smallest absolute Gasteiger partial charge is 0.229 e. The van der Waals surface area contributed by atoms with Gasteiger partial charge in [-0.25, -0.2) is 13.1 Å². The molecular weight excluding hydrogens is 268 g/mol. The topological polar surface area (TPSA) is 86.7 Å². The minimum absolute atomic E-state index is 0.0849. The van der Waals surface area contributed by atoms with E-state index >= 15 is 0 Å².